The molecule has 20 heavy (non-hydrogen) atoms. The van der Waals surface area contributed by atoms with Crippen molar-refractivity contribution < 1.29 is 13.6 Å². The van der Waals surface area contributed by atoms with Crippen molar-refractivity contribution in [1.29, 1.82) is 0 Å². The lowest BCUT2D eigenvalue weighted by molar-refractivity contribution is 0.102. The molecule has 0 aromatic heterocycles. The number of hydrogen-bond acceptors (Lipinski definition) is 1. The van der Waals surface area contributed by atoms with E-state index in [-0.39, 0.29) is 10.0 Å². The molecule has 2 nitrogen and oxygen atoms in total. The van der Waals surface area contributed by atoms with Gasteiger partial charge in [0.25, 0.3) is 5.91 Å². The van der Waals surface area contributed by atoms with E-state index in [2.05, 4.69) is 37.2 Å². The maximum Gasteiger partial charge on any atom is 0.257 e. The Labute approximate surface area is 135 Å². The molecule has 1 N–H and O–H groups in total. The number of anilines is 1. The zero-order valence-electron chi connectivity index (χ0n) is 9.68. The third kappa shape index (κ3) is 3.37. The standard InChI is InChI=1S/C13H6Br2ClF2NO/c14-6-3-10(17)12(11(18)4-6)19-13(20)8-5-7(16)1-2-9(8)15/h1-5H,(H,19,20). The lowest BCUT2D eigenvalue weighted by atomic mass is 10.2. The zero-order valence-corrected chi connectivity index (χ0v) is 13.6. The van der Waals surface area contributed by atoms with E-state index in [0.717, 1.165) is 12.1 Å². The van der Waals surface area contributed by atoms with Gasteiger partial charge in [-0.25, -0.2) is 8.78 Å². The molecular formula is C13H6Br2ClF2NO. The predicted molar refractivity (Wildman–Crippen MR) is 81.2 cm³/mol. The summed E-state index contributed by atoms with van der Waals surface area (Å²) in [7, 11) is 0. The van der Waals surface area contributed by atoms with Crippen LogP contribution >= 0.6 is 43.5 Å². The molecule has 0 heterocycles. The van der Waals surface area contributed by atoms with E-state index in [1.54, 1.807) is 12.1 Å². The summed E-state index contributed by atoms with van der Waals surface area (Å²) in [5.74, 6) is -2.41. The highest BCUT2D eigenvalue weighted by Crippen LogP contribution is 2.26. The molecule has 0 spiro atoms. The average Bonchev–Trinajstić information content (AvgIpc) is 2.36. The third-order valence-electron chi connectivity index (χ3n) is 2.42. The van der Waals surface area contributed by atoms with E-state index < -0.39 is 23.2 Å². The zero-order chi connectivity index (χ0) is 14.9. The van der Waals surface area contributed by atoms with Crippen molar-refractivity contribution >= 4 is 55.1 Å². The molecule has 0 bridgehead atoms. The van der Waals surface area contributed by atoms with Gasteiger partial charge in [0.05, 0.1) is 5.56 Å². The molecule has 0 aliphatic heterocycles. The second kappa shape index (κ2) is 6.20. The number of hydrogen-bond donors (Lipinski definition) is 1. The molecule has 2 aromatic carbocycles. The highest BCUT2D eigenvalue weighted by atomic mass is 79.9. The summed E-state index contributed by atoms with van der Waals surface area (Å²) >= 11 is 11.9. The average molecular weight is 425 g/mol. The first-order valence-corrected chi connectivity index (χ1v) is 7.26. The topological polar surface area (TPSA) is 29.1 Å². The fraction of sp³-hybridized carbons (Fsp3) is 0. The van der Waals surface area contributed by atoms with Crippen LogP contribution in [0.1, 0.15) is 10.4 Å². The van der Waals surface area contributed by atoms with Crippen LogP contribution in [0.25, 0.3) is 0 Å². The van der Waals surface area contributed by atoms with Crippen LogP contribution in [0.2, 0.25) is 5.02 Å². The fourth-order valence-electron chi connectivity index (χ4n) is 1.51. The van der Waals surface area contributed by atoms with Crippen LogP contribution in [-0.2, 0) is 0 Å². The molecule has 0 radical (unpaired) electrons. The molecule has 2 rings (SSSR count). The highest BCUT2D eigenvalue weighted by Gasteiger charge is 2.16. The predicted octanol–water partition coefficient (Wildman–Crippen LogP) is 5.40. The minimum atomic E-state index is -0.872. The number of rotatable bonds is 2. The molecule has 0 saturated heterocycles. The van der Waals surface area contributed by atoms with Gasteiger partial charge in [-0.3, -0.25) is 4.79 Å². The number of nitrogens with one attached hydrogen (secondary N) is 1. The van der Waals surface area contributed by atoms with E-state index in [4.69, 9.17) is 11.6 Å². The van der Waals surface area contributed by atoms with E-state index in [9.17, 15) is 13.6 Å². The summed E-state index contributed by atoms with van der Waals surface area (Å²) < 4.78 is 28.0. The Hall–Kier alpha value is -0.980. The minimum Gasteiger partial charge on any atom is -0.317 e. The molecule has 0 aliphatic rings. The quantitative estimate of drug-likeness (QED) is 0.686. The number of amides is 1. The fourth-order valence-corrected chi connectivity index (χ4v) is 2.51. The first-order chi connectivity index (χ1) is 9.38. The number of carbonyl (C=O) groups is 1. The summed E-state index contributed by atoms with van der Waals surface area (Å²) in [5.41, 5.74) is -0.329. The summed E-state index contributed by atoms with van der Waals surface area (Å²) in [6.45, 7) is 0. The lowest BCUT2D eigenvalue weighted by Crippen LogP contribution is -2.15. The van der Waals surface area contributed by atoms with Crippen LogP contribution in [0.5, 0.6) is 0 Å². The molecule has 7 heteroatoms. The van der Waals surface area contributed by atoms with Gasteiger partial charge in [0.2, 0.25) is 0 Å². The maximum absolute atomic E-state index is 13.6. The Morgan fingerprint density at radius 2 is 1.70 bits per heavy atom. The molecule has 0 aliphatic carbocycles. The second-order valence-electron chi connectivity index (χ2n) is 3.82. The summed E-state index contributed by atoms with van der Waals surface area (Å²) in [5, 5.41) is 2.53. The van der Waals surface area contributed by atoms with Gasteiger partial charge in [-0.1, -0.05) is 27.5 Å². The molecule has 2 aromatic rings. The van der Waals surface area contributed by atoms with Crippen LogP contribution in [0.3, 0.4) is 0 Å². The molecule has 0 saturated carbocycles. The monoisotopic (exact) mass is 423 g/mol. The Morgan fingerprint density at radius 1 is 1.10 bits per heavy atom. The van der Waals surface area contributed by atoms with Crippen molar-refractivity contribution in [3.63, 3.8) is 0 Å². The first-order valence-electron chi connectivity index (χ1n) is 5.29. The van der Waals surface area contributed by atoms with Crippen molar-refractivity contribution in [2.45, 2.75) is 0 Å². The molecule has 104 valence electrons. The van der Waals surface area contributed by atoms with Gasteiger partial charge < -0.3 is 5.32 Å². The third-order valence-corrected chi connectivity index (χ3v) is 3.80. The van der Waals surface area contributed by atoms with Gasteiger partial charge >= 0.3 is 0 Å². The van der Waals surface area contributed by atoms with E-state index in [1.165, 1.54) is 6.07 Å². The van der Waals surface area contributed by atoms with Crippen LogP contribution in [0.4, 0.5) is 14.5 Å². The Bertz CT molecular complexity index is 671. The van der Waals surface area contributed by atoms with Crippen LogP contribution in [0, 0.1) is 11.6 Å². The van der Waals surface area contributed by atoms with Crippen molar-refractivity contribution in [3.05, 3.63) is 61.5 Å². The lowest BCUT2D eigenvalue weighted by Gasteiger charge is -2.09. The van der Waals surface area contributed by atoms with Gasteiger partial charge in [-0.15, -0.1) is 0 Å². The molecule has 1 amide bonds. The SMILES string of the molecule is O=C(Nc1c(F)cc(Br)cc1F)c1cc(Cl)ccc1Br. The van der Waals surface area contributed by atoms with Crippen molar-refractivity contribution in [1.82, 2.24) is 0 Å². The van der Waals surface area contributed by atoms with Crippen LogP contribution in [0.15, 0.2) is 39.3 Å². The van der Waals surface area contributed by atoms with E-state index >= 15 is 0 Å². The molecular weight excluding hydrogens is 419 g/mol. The van der Waals surface area contributed by atoms with Gasteiger partial charge in [0.1, 0.15) is 5.69 Å². The molecule has 0 atom stereocenters. The summed E-state index contributed by atoms with van der Waals surface area (Å²) in [4.78, 5) is 12.0. The number of halogens is 5. The normalized spacial score (nSPS) is 10.4. The van der Waals surface area contributed by atoms with Crippen molar-refractivity contribution in [2.24, 2.45) is 0 Å². The summed E-state index contributed by atoms with van der Waals surface area (Å²) in [6, 6.07) is 6.68. The Morgan fingerprint density at radius 3 is 2.30 bits per heavy atom. The van der Waals surface area contributed by atoms with Gasteiger partial charge in [0.15, 0.2) is 11.6 Å². The Balaban J connectivity index is 2.35. The number of carbonyl (C=O) groups excluding carboxylic acids is 1. The smallest absolute Gasteiger partial charge is 0.257 e. The molecule has 0 fully saturated rings. The first kappa shape index (κ1) is 15.4. The van der Waals surface area contributed by atoms with Gasteiger partial charge in [-0.05, 0) is 46.3 Å². The van der Waals surface area contributed by atoms with E-state index in [0.29, 0.717) is 9.50 Å². The largest absolute Gasteiger partial charge is 0.317 e. The second-order valence-corrected chi connectivity index (χ2v) is 6.03. The van der Waals surface area contributed by atoms with Crippen LogP contribution in [-0.4, -0.2) is 5.91 Å². The van der Waals surface area contributed by atoms with Gasteiger partial charge in [0, 0.05) is 14.0 Å². The van der Waals surface area contributed by atoms with Gasteiger partial charge in [-0.2, -0.15) is 0 Å². The van der Waals surface area contributed by atoms with Crippen molar-refractivity contribution in [2.75, 3.05) is 5.32 Å². The van der Waals surface area contributed by atoms with E-state index in [1.807, 2.05) is 0 Å². The molecule has 0 unspecified atom stereocenters. The number of benzene rings is 2. The minimum absolute atomic E-state index is 0.180. The van der Waals surface area contributed by atoms with Crippen molar-refractivity contribution in [3.8, 4) is 0 Å². The summed E-state index contributed by atoms with van der Waals surface area (Å²) in [6.07, 6.45) is 0. The van der Waals surface area contributed by atoms with Crippen LogP contribution < -0.4 is 5.32 Å². The highest BCUT2D eigenvalue weighted by molar-refractivity contribution is 9.10. The maximum atomic E-state index is 13.6. The Kier molecular flexibility index (Phi) is 4.78.